The molecule has 0 aliphatic heterocycles. The van der Waals surface area contributed by atoms with Crippen molar-refractivity contribution < 1.29 is 0 Å². The highest BCUT2D eigenvalue weighted by Gasteiger charge is 2.15. The Hall–Kier alpha value is 0.320. The summed E-state index contributed by atoms with van der Waals surface area (Å²) >= 11 is 10.7. The van der Waals surface area contributed by atoms with Gasteiger partial charge in [0.15, 0.2) is 0 Å². The number of halogens is 2. The average Bonchev–Trinajstić information content (AvgIpc) is 2.90. The highest BCUT2D eigenvalue weighted by molar-refractivity contribution is 9.13. The fraction of sp³-hybridized carbons (Fsp3) is 0.333. The first-order valence-electron chi connectivity index (χ1n) is 5.40. The van der Waals surface area contributed by atoms with Crippen LogP contribution in [0.25, 0.3) is 0 Å². The molecule has 0 amide bonds. The molecule has 2 aromatic heterocycles. The molecule has 5 heteroatoms. The molecule has 2 heterocycles. The summed E-state index contributed by atoms with van der Waals surface area (Å²) in [7, 11) is 0. The van der Waals surface area contributed by atoms with Crippen LogP contribution in [0.15, 0.2) is 31.2 Å². The van der Waals surface area contributed by atoms with Crippen LogP contribution in [0, 0.1) is 0 Å². The summed E-state index contributed by atoms with van der Waals surface area (Å²) in [6.45, 7) is 3.14. The van der Waals surface area contributed by atoms with Crippen LogP contribution >= 0.6 is 54.5 Å². The Balaban J connectivity index is 2.16. The monoisotopic (exact) mass is 393 g/mol. The van der Waals surface area contributed by atoms with Gasteiger partial charge in [-0.2, -0.15) is 11.3 Å². The fourth-order valence-electron chi connectivity index (χ4n) is 1.70. The second kappa shape index (κ2) is 6.48. The van der Waals surface area contributed by atoms with E-state index in [4.69, 9.17) is 0 Å². The molecule has 0 saturated heterocycles. The molecule has 0 radical (unpaired) electrons. The Morgan fingerprint density at radius 2 is 2.24 bits per heavy atom. The normalized spacial score (nSPS) is 12.9. The first kappa shape index (κ1) is 13.7. The molecule has 1 unspecified atom stereocenters. The van der Waals surface area contributed by atoms with Crippen molar-refractivity contribution in [2.45, 2.75) is 19.4 Å². The van der Waals surface area contributed by atoms with Crippen molar-refractivity contribution in [1.29, 1.82) is 0 Å². The first-order valence-corrected chi connectivity index (χ1v) is 8.74. The molecule has 0 spiro atoms. The minimum absolute atomic E-state index is 0.405. The third kappa shape index (κ3) is 3.64. The summed E-state index contributed by atoms with van der Waals surface area (Å²) < 4.78 is 2.31. The Bertz CT molecular complexity index is 445. The van der Waals surface area contributed by atoms with Crippen molar-refractivity contribution in [1.82, 2.24) is 5.32 Å². The van der Waals surface area contributed by atoms with Crippen molar-refractivity contribution in [3.05, 3.63) is 41.6 Å². The van der Waals surface area contributed by atoms with E-state index in [1.165, 1.54) is 14.2 Å². The van der Waals surface area contributed by atoms with Crippen LogP contribution in [-0.2, 0) is 6.42 Å². The molecule has 2 rings (SSSR count). The number of hydrogen-bond acceptors (Lipinski definition) is 3. The lowest BCUT2D eigenvalue weighted by molar-refractivity contribution is 0.559. The molecule has 0 fully saturated rings. The quantitative estimate of drug-likeness (QED) is 0.732. The Morgan fingerprint density at radius 1 is 1.41 bits per heavy atom. The number of likely N-dealkylation sites (N-methyl/N-ethyl adjacent to an activating group) is 1. The van der Waals surface area contributed by atoms with Gasteiger partial charge in [-0.25, -0.2) is 0 Å². The molecule has 0 saturated carbocycles. The zero-order valence-electron chi connectivity index (χ0n) is 9.37. The standard InChI is InChI=1S/C12H13Br2NS2/c1-2-15-10(5-8-3-4-16-7-8)11-6-9(13)12(14)17-11/h3-4,6-7,10,15H,2,5H2,1H3. The lowest BCUT2D eigenvalue weighted by Gasteiger charge is -2.15. The van der Waals surface area contributed by atoms with Gasteiger partial charge >= 0.3 is 0 Å². The summed E-state index contributed by atoms with van der Waals surface area (Å²) in [6, 6.07) is 4.81. The number of hydrogen-bond donors (Lipinski definition) is 1. The molecule has 0 aromatic carbocycles. The zero-order chi connectivity index (χ0) is 12.3. The van der Waals surface area contributed by atoms with Crippen molar-refractivity contribution in [2.24, 2.45) is 0 Å². The van der Waals surface area contributed by atoms with E-state index in [9.17, 15) is 0 Å². The van der Waals surface area contributed by atoms with Gasteiger partial charge in [-0.3, -0.25) is 0 Å². The van der Waals surface area contributed by atoms with Crippen LogP contribution in [0.2, 0.25) is 0 Å². The smallest absolute Gasteiger partial charge is 0.0843 e. The predicted octanol–water partition coefficient (Wildman–Crippen LogP) is 5.23. The third-order valence-corrected chi connectivity index (χ3v) is 6.58. The zero-order valence-corrected chi connectivity index (χ0v) is 14.2. The summed E-state index contributed by atoms with van der Waals surface area (Å²) in [4.78, 5) is 1.37. The molecule has 1 N–H and O–H groups in total. The highest BCUT2D eigenvalue weighted by Crippen LogP contribution is 2.36. The molecule has 92 valence electrons. The van der Waals surface area contributed by atoms with Crippen molar-refractivity contribution in [3.63, 3.8) is 0 Å². The molecule has 1 nitrogen and oxygen atoms in total. The van der Waals surface area contributed by atoms with Gasteiger partial charge in [0.25, 0.3) is 0 Å². The second-order valence-corrected chi connectivity index (χ2v) is 7.75. The summed E-state index contributed by atoms with van der Waals surface area (Å²) in [6.07, 6.45) is 1.05. The van der Waals surface area contributed by atoms with Gasteiger partial charge < -0.3 is 5.32 Å². The van der Waals surface area contributed by atoms with Crippen LogP contribution < -0.4 is 5.32 Å². The number of thiophene rings is 2. The van der Waals surface area contributed by atoms with Crippen molar-refractivity contribution in [2.75, 3.05) is 6.54 Å². The Kier molecular flexibility index (Phi) is 5.24. The number of rotatable bonds is 5. The second-order valence-electron chi connectivity index (χ2n) is 3.72. The molecule has 1 atom stereocenters. The van der Waals surface area contributed by atoms with E-state index in [2.05, 4.69) is 67.0 Å². The van der Waals surface area contributed by atoms with Gasteiger partial charge in [0.1, 0.15) is 0 Å². The molecule has 0 aliphatic rings. The third-order valence-electron chi connectivity index (χ3n) is 2.48. The average molecular weight is 395 g/mol. The van der Waals surface area contributed by atoms with Crippen molar-refractivity contribution >= 4 is 54.5 Å². The Morgan fingerprint density at radius 3 is 2.76 bits per heavy atom. The molecular formula is C12H13Br2NS2. The van der Waals surface area contributed by atoms with E-state index < -0.39 is 0 Å². The summed E-state index contributed by atoms with van der Waals surface area (Å²) in [5.41, 5.74) is 1.40. The van der Waals surface area contributed by atoms with Crippen LogP contribution in [0.3, 0.4) is 0 Å². The molecular weight excluding hydrogens is 382 g/mol. The maximum Gasteiger partial charge on any atom is 0.0843 e. The lowest BCUT2D eigenvalue weighted by Crippen LogP contribution is -2.21. The van der Waals surface area contributed by atoms with E-state index in [0.29, 0.717) is 6.04 Å². The van der Waals surface area contributed by atoms with Crippen LogP contribution in [0.5, 0.6) is 0 Å². The molecule has 17 heavy (non-hydrogen) atoms. The minimum Gasteiger partial charge on any atom is -0.309 e. The van der Waals surface area contributed by atoms with Gasteiger partial charge in [-0.15, -0.1) is 11.3 Å². The maximum atomic E-state index is 3.56. The van der Waals surface area contributed by atoms with Gasteiger partial charge in [0.05, 0.1) is 3.79 Å². The van der Waals surface area contributed by atoms with Crippen LogP contribution in [0.4, 0.5) is 0 Å². The van der Waals surface area contributed by atoms with E-state index in [1.54, 1.807) is 22.7 Å². The van der Waals surface area contributed by atoms with Gasteiger partial charge in [0, 0.05) is 15.4 Å². The minimum atomic E-state index is 0.405. The van der Waals surface area contributed by atoms with E-state index >= 15 is 0 Å². The van der Waals surface area contributed by atoms with Crippen molar-refractivity contribution in [3.8, 4) is 0 Å². The van der Waals surface area contributed by atoms with Gasteiger partial charge in [-0.1, -0.05) is 6.92 Å². The van der Waals surface area contributed by atoms with E-state index in [-0.39, 0.29) is 0 Å². The first-order chi connectivity index (χ1) is 8.20. The summed E-state index contributed by atoms with van der Waals surface area (Å²) in [5.74, 6) is 0. The number of nitrogens with one attached hydrogen (secondary N) is 1. The largest absolute Gasteiger partial charge is 0.309 e. The predicted molar refractivity (Wildman–Crippen MR) is 84.2 cm³/mol. The Labute approximate surface area is 127 Å². The molecule has 2 aromatic rings. The SMILES string of the molecule is CCNC(Cc1ccsc1)c1cc(Br)c(Br)s1. The highest BCUT2D eigenvalue weighted by atomic mass is 79.9. The molecule has 0 aliphatic carbocycles. The van der Waals surface area contributed by atoms with Gasteiger partial charge in [0.2, 0.25) is 0 Å². The van der Waals surface area contributed by atoms with Crippen LogP contribution in [0.1, 0.15) is 23.4 Å². The van der Waals surface area contributed by atoms with Gasteiger partial charge in [-0.05, 0) is 73.3 Å². The maximum absolute atomic E-state index is 3.56. The molecule has 0 bridgehead atoms. The van der Waals surface area contributed by atoms with E-state index in [1.807, 2.05) is 0 Å². The van der Waals surface area contributed by atoms with E-state index in [0.717, 1.165) is 17.4 Å². The fourth-order valence-corrected chi connectivity index (χ4v) is 4.55. The van der Waals surface area contributed by atoms with Crippen LogP contribution in [-0.4, -0.2) is 6.54 Å². The summed E-state index contributed by atoms with van der Waals surface area (Å²) in [5, 5.41) is 7.91. The topological polar surface area (TPSA) is 12.0 Å². The lowest BCUT2D eigenvalue weighted by atomic mass is 10.1.